The molecule has 0 bridgehead atoms. The second kappa shape index (κ2) is 3.65. The molecule has 2 rings (SSSR count). The maximum Gasteiger partial charge on any atom is 0.177 e. The van der Waals surface area contributed by atoms with Crippen LogP contribution >= 0.6 is 22.9 Å². The lowest BCUT2D eigenvalue weighted by Gasteiger charge is -2.12. The first-order chi connectivity index (χ1) is 6.97. The molecule has 0 unspecified atom stereocenters. The lowest BCUT2D eigenvalue weighted by atomic mass is 9.92. The molecule has 2 aromatic heterocycles. The molecule has 2 aromatic rings. The highest BCUT2D eigenvalue weighted by Gasteiger charge is 2.19. The van der Waals surface area contributed by atoms with Crippen LogP contribution < -0.4 is 0 Å². The zero-order valence-corrected chi connectivity index (χ0v) is 10.4. The first-order valence-corrected chi connectivity index (χ1v) is 5.89. The summed E-state index contributed by atoms with van der Waals surface area (Å²) >= 11 is 7.36. The molecule has 0 aliphatic heterocycles. The Kier molecular flexibility index (Phi) is 2.61. The van der Waals surface area contributed by atoms with Crippen molar-refractivity contribution in [3.05, 3.63) is 28.2 Å². The molecule has 2 heterocycles. The van der Waals surface area contributed by atoms with E-state index in [2.05, 4.69) is 25.9 Å². The van der Waals surface area contributed by atoms with Crippen LogP contribution in [0.2, 0.25) is 4.34 Å². The highest BCUT2D eigenvalue weighted by molar-refractivity contribution is 7.19. The minimum atomic E-state index is 0.0167. The molecule has 0 N–H and O–H groups in total. The Morgan fingerprint density at radius 1 is 1.33 bits per heavy atom. The number of halogens is 1. The average Bonchev–Trinajstić information content (AvgIpc) is 2.69. The Labute approximate surface area is 97.9 Å². The van der Waals surface area contributed by atoms with Gasteiger partial charge < -0.3 is 4.52 Å². The van der Waals surface area contributed by atoms with E-state index < -0.39 is 0 Å². The first-order valence-electron chi connectivity index (χ1n) is 4.70. The molecule has 2 nitrogen and oxygen atoms in total. The third-order valence-corrected chi connectivity index (χ3v) is 3.34. The van der Waals surface area contributed by atoms with Crippen LogP contribution in [0.3, 0.4) is 0 Å². The summed E-state index contributed by atoms with van der Waals surface area (Å²) in [5.41, 5.74) is 0.977. The molecule has 80 valence electrons. The van der Waals surface area contributed by atoms with Gasteiger partial charge in [-0.3, -0.25) is 0 Å². The second-order valence-electron chi connectivity index (χ2n) is 4.43. The highest BCUT2D eigenvalue weighted by Crippen LogP contribution is 2.33. The molecule has 15 heavy (non-hydrogen) atoms. The molecule has 0 aliphatic carbocycles. The van der Waals surface area contributed by atoms with Crippen LogP contribution in [0.1, 0.15) is 26.5 Å². The SMILES string of the molecule is CC(C)(C)c1cc(-c2ccc(Cl)s2)on1. The van der Waals surface area contributed by atoms with Crippen molar-refractivity contribution >= 4 is 22.9 Å². The van der Waals surface area contributed by atoms with Gasteiger partial charge in [-0.15, -0.1) is 11.3 Å². The number of hydrogen-bond donors (Lipinski definition) is 0. The van der Waals surface area contributed by atoms with E-state index in [0.29, 0.717) is 0 Å². The molecule has 0 spiro atoms. The van der Waals surface area contributed by atoms with Crippen LogP contribution in [0.25, 0.3) is 10.6 Å². The van der Waals surface area contributed by atoms with E-state index in [-0.39, 0.29) is 5.41 Å². The lowest BCUT2D eigenvalue weighted by molar-refractivity contribution is 0.403. The van der Waals surface area contributed by atoms with Crippen LogP contribution in [-0.2, 0) is 5.41 Å². The van der Waals surface area contributed by atoms with Crippen molar-refractivity contribution in [3.8, 4) is 10.6 Å². The molecule has 0 saturated heterocycles. The first kappa shape index (κ1) is 10.7. The summed E-state index contributed by atoms with van der Waals surface area (Å²) in [6, 6.07) is 5.78. The number of aromatic nitrogens is 1. The van der Waals surface area contributed by atoms with E-state index in [1.165, 1.54) is 11.3 Å². The smallest absolute Gasteiger partial charge is 0.177 e. The third-order valence-electron chi connectivity index (χ3n) is 2.09. The van der Waals surface area contributed by atoms with Crippen molar-refractivity contribution in [2.24, 2.45) is 0 Å². The zero-order chi connectivity index (χ0) is 11.1. The molecule has 0 amide bonds. The number of thiophene rings is 1. The van der Waals surface area contributed by atoms with Gasteiger partial charge in [0, 0.05) is 11.5 Å². The van der Waals surface area contributed by atoms with E-state index in [1.807, 2.05) is 18.2 Å². The predicted molar refractivity (Wildman–Crippen MR) is 63.5 cm³/mol. The average molecular weight is 242 g/mol. The Morgan fingerprint density at radius 2 is 2.07 bits per heavy atom. The Hall–Kier alpha value is -0.800. The van der Waals surface area contributed by atoms with E-state index in [9.17, 15) is 0 Å². The van der Waals surface area contributed by atoms with Crippen molar-refractivity contribution in [2.75, 3.05) is 0 Å². The predicted octanol–water partition coefficient (Wildman–Crippen LogP) is 4.35. The van der Waals surface area contributed by atoms with Gasteiger partial charge in [0.05, 0.1) is 14.9 Å². The molecular weight excluding hydrogens is 230 g/mol. The fourth-order valence-corrected chi connectivity index (χ4v) is 2.18. The van der Waals surface area contributed by atoms with E-state index in [4.69, 9.17) is 16.1 Å². The molecule has 0 aliphatic rings. The Morgan fingerprint density at radius 3 is 2.53 bits per heavy atom. The lowest BCUT2D eigenvalue weighted by Crippen LogP contribution is -2.10. The fraction of sp³-hybridized carbons (Fsp3) is 0.364. The van der Waals surface area contributed by atoms with Gasteiger partial charge in [0.15, 0.2) is 5.76 Å². The van der Waals surface area contributed by atoms with Crippen LogP contribution in [-0.4, -0.2) is 5.16 Å². The summed E-state index contributed by atoms with van der Waals surface area (Å²) in [5, 5.41) is 4.06. The zero-order valence-electron chi connectivity index (χ0n) is 8.87. The van der Waals surface area contributed by atoms with Gasteiger partial charge in [0.1, 0.15) is 0 Å². The molecule has 0 saturated carbocycles. The summed E-state index contributed by atoms with van der Waals surface area (Å²) < 4.78 is 6.06. The Balaban J connectivity index is 2.36. The van der Waals surface area contributed by atoms with Gasteiger partial charge in [-0.1, -0.05) is 37.5 Å². The molecule has 0 aromatic carbocycles. The molecule has 0 fully saturated rings. The van der Waals surface area contributed by atoms with Crippen LogP contribution in [0.5, 0.6) is 0 Å². The third kappa shape index (κ3) is 2.24. The number of nitrogens with zero attached hydrogens (tertiary/aromatic N) is 1. The van der Waals surface area contributed by atoms with E-state index in [0.717, 1.165) is 20.7 Å². The normalized spacial score (nSPS) is 12.0. The van der Waals surface area contributed by atoms with Crippen molar-refractivity contribution in [2.45, 2.75) is 26.2 Å². The minimum Gasteiger partial charge on any atom is -0.355 e. The highest BCUT2D eigenvalue weighted by atomic mass is 35.5. The largest absolute Gasteiger partial charge is 0.355 e. The fourth-order valence-electron chi connectivity index (χ4n) is 1.19. The minimum absolute atomic E-state index is 0.0167. The maximum absolute atomic E-state index is 5.86. The van der Waals surface area contributed by atoms with Crippen LogP contribution in [0, 0.1) is 0 Å². The van der Waals surface area contributed by atoms with Gasteiger partial charge >= 0.3 is 0 Å². The Bertz CT molecular complexity index is 467. The number of hydrogen-bond acceptors (Lipinski definition) is 3. The van der Waals surface area contributed by atoms with Crippen LogP contribution in [0.15, 0.2) is 22.7 Å². The topological polar surface area (TPSA) is 26.0 Å². The molecular formula is C11H12ClNOS. The van der Waals surface area contributed by atoms with Crippen molar-refractivity contribution in [1.82, 2.24) is 5.16 Å². The van der Waals surface area contributed by atoms with Gasteiger partial charge in [-0.2, -0.15) is 0 Å². The summed E-state index contributed by atoms with van der Waals surface area (Å²) in [6.45, 7) is 6.32. The summed E-state index contributed by atoms with van der Waals surface area (Å²) in [6.07, 6.45) is 0. The van der Waals surface area contributed by atoms with Gasteiger partial charge in [-0.05, 0) is 12.1 Å². The van der Waals surface area contributed by atoms with Gasteiger partial charge in [-0.25, -0.2) is 0 Å². The molecule has 0 radical (unpaired) electrons. The number of rotatable bonds is 1. The second-order valence-corrected chi connectivity index (χ2v) is 6.15. The summed E-state index contributed by atoms with van der Waals surface area (Å²) in [7, 11) is 0. The quantitative estimate of drug-likeness (QED) is 0.742. The van der Waals surface area contributed by atoms with Crippen molar-refractivity contribution in [3.63, 3.8) is 0 Å². The standard InChI is InChI=1S/C11H12ClNOS/c1-11(2,3)9-6-7(14-13-9)8-4-5-10(12)15-8/h4-6H,1-3H3. The molecule has 4 heteroatoms. The van der Waals surface area contributed by atoms with Crippen molar-refractivity contribution in [1.29, 1.82) is 0 Å². The monoisotopic (exact) mass is 241 g/mol. The maximum atomic E-state index is 5.86. The van der Waals surface area contributed by atoms with E-state index >= 15 is 0 Å². The van der Waals surface area contributed by atoms with Crippen LogP contribution in [0.4, 0.5) is 0 Å². The summed E-state index contributed by atoms with van der Waals surface area (Å²) in [4.78, 5) is 1.02. The summed E-state index contributed by atoms with van der Waals surface area (Å²) in [5.74, 6) is 0.789. The molecule has 0 atom stereocenters. The van der Waals surface area contributed by atoms with Crippen molar-refractivity contribution < 1.29 is 4.52 Å². The van der Waals surface area contributed by atoms with Gasteiger partial charge in [0.25, 0.3) is 0 Å². The van der Waals surface area contributed by atoms with E-state index in [1.54, 1.807) is 0 Å². The van der Waals surface area contributed by atoms with Gasteiger partial charge in [0.2, 0.25) is 0 Å².